The first-order chi connectivity index (χ1) is 22.9. The second-order valence-corrected chi connectivity index (χ2v) is 14.3. The summed E-state index contributed by atoms with van der Waals surface area (Å²) in [6.45, 7) is 3.24. The maximum Gasteiger partial charge on any atom is 1.00 e. The van der Waals surface area contributed by atoms with Crippen molar-refractivity contribution in [3.63, 3.8) is 0 Å². The van der Waals surface area contributed by atoms with Gasteiger partial charge in [-0.2, -0.15) is 0 Å². The number of aliphatic hydroxyl groups is 3. The third kappa shape index (κ3) is 19.9. The zero-order chi connectivity index (χ0) is 35.4. The first-order valence-corrected chi connectivity index (χ1v) is 19.2. The Kier molecular flexibility index (Phi) is 24.1. The van der Waals surface area contributed by atoms with Crippen molar-refractivity contribution in [1.82, 2.24) is 0 Å². The smallest absolute Gasteiger partial charge is 0.748 e. The fourth-order valence-corrected chi connectivity index (χ4v) is 6.20. The van der Waals surface area contributed by atoms with E-state index in [4.69, 9.17) is 18.9 Å². The number of esters is 2. The van der Waals surface area contributed by atoms with Gasteiger partial charge >= 0.3 is 41.5 Å². The van der Waals surface area contributed by atoms with Crippen LogP contribution in [-0.4, -0.2) is 96.0 Å². The summed E-state index contributed by atoms with van der Waals surface area (Å²) in [5.74, 6) is -2.37. The first-order valence-electron chi connectivity index (χ1n) is 17.6. The topological polar surface area (TPSA) is 189 Å². The maximum atomic E-state index is 12.8. The zero-order valence-electron chi connectivity index (χ0n) is 29.6. The van der Waals surface area contributed by atoms with Gasteiger partial charge in [-0.3, -0.25) is 4.79 Å². The number of carbonyl (C=O) groups excluding carboxylic acids is 2. The molecule has 49 heavy (non-hydrogen) atoms. The van der Waals surface area contributed by atoms with Crippen LogP contribution in [0.5, 0.6) is 0 Å². The van der Waals surface area contributed by atoms with Crippen LogP contribution in [0.25, 0.3) is 0 Å². The normalized spacial score (nSPS) is 21.5. The molecule has 0 amide bonds. The number of rotatable bonds is 25. The maximum absolute atomic E-state index is 12.8. The minimum atomic E-state index is -4.85. The third-order valence-corrected chi connectivity index (χ3v) is 9.20. The van der Waals surface area contributed by atoms with E-state index in [0.29, 0.717) is 6.42 Å². The minimum Gasteiger partial charge on any atom is -0.748 e. The van der Waals surface area contributed by atoms with Crippen molar-refractivity contribution >= 4 is 22.1 Å². The van der Waals surface area contributed by atoms with Crippen LogP contribution in [0, 0.1) is 6.92 Å². The second-order valence-electron chi connectivity index (χ2n) is 12.8. The summed E-state index contributed by atoms with van der Waals surface area (Å²) in [5, 5.41) is 30.5. The molecule has 1 heterocycles. The van der Waals surface area contributed by atoms with Crippen molar-refractivity contribution < 1.29 is 86.4 Å². The van der Waals surface area contributed by atoms with Gasteiger partial charge in [-0.15, -0.1) is 0 Å². The molecule has 1 unspecified atom stereocenters. The van der Waals surface area contributed by atoms with Crippen LogP contribution >= 0.6 is 0 Å². The molecule has 1 aromatic carbocycles. The van der Waals surface area contributed by atoms with Crippen molar-refractivity contribution in [3.8, 4) is 0 Å². The molecule has 12 nitrogen and oxygen atoms in total. The van der Waals surface area contributed by atoms with Crippen LogP contribution in [0.2, 0.25) is 0 Å². The Morgan fingerprint density at radius 2 is 1.31 bits per heavy atom. The zero-order valence-corrected chi connectivity index (χ0v) is 32.4. The molecule has 1 saturated heterocycles. The average molecular weight is 725 g/mol. The number of hydrogen-bond acceptors (Lipinski definition) is 12. The molecule has 0 bridgehead atoms. The number of hydrogen-bond donors (Lipinski definition) is 3. The van der Waals surface area contributed by atoms with Gasteiger partial charge < -0.3 is 38.8 Å². The van der Waals surface area contributed by atoms with Gasteiger partial charge in [-0.05, 0) is 25.5 Å². The monoisotopic (exact) mass is 724 g/mol. The summed E-state index contributed by atoms with van der Waals surface area (Å²) in [5.41, 5.74) is 1.17. The summed E-state index contributed by atoms with van der Waals surface area (Å²) in [6.07, 6.45) is 8.24. The number of carbonyl (C=O) groups is 2. The fraction of sp³-hybridized carbons (Fsp3) is 0.771. The molecule has 0 aromatic heterocycles. The van der Waals surface area contributed by atoms with Gasteiger partial charge in [-0.25, -0.2) is 13.2 Å². The van der Waals surface area contributed by atoms with Crippen molar-refractivity contribution in [2.45, 2.75) is 153 Å². The molecule has 14 heteroatoms. The van der Waals surface area contributed by atoms with Crippen LogP contribution < -0.4 is 29.6 Å². The third-order valence-electron chi connectivity index (χ3n) is 8.46. The fourth-order valence-electron chi connectivity index (χ4n) is 5.52. The van der Waals surface area contributed by atoms with Gasteiger partial charge in [-0.1, -0.05) is 115 Å². The molecule has 0 radical (unpaired) electrons. The number of aryl methyl sites for hydroxylation is 1. The van der Waals surface area contributed by atoms with Crippen LogP contribution in [0.15, 0.2) is 24.3 Å². The number of benzene rings is 1. The molecule has 0 aliphatic carbocycles. The summed E-state index contributed by atoms with van der Waals surface area (Å²) in [4.78, 5) is 25.3. The average Bonchev–Trinajstić information content (AvgIpc) is 3.04. The van der Waals surface area contributed by atoms with E-state index in [2.05, 4.69) is 6.92 Å². The van der Waals surface area contributed by atoms with Crippen LogP contribution in [0.4, 0.5) is 0 Å². The van der Waals surface area contributed by atoms with Crippen LogP contribution in [0.1, 0.15) is 126 Å². The molecular weight excluding hydrogens is 667 g/mol. The summed E-state index contributed by atoms with van der Waals surface area (Å²) >= 11 is 0. The van der Waals surface area contributed by atoms with Gasteiger partial charge in [0.2, 0.25) is 0 Å². The van der Waals surface area contributed by atoms with Crippen molar-refractivity contribution in [2.75, 3.05) is 19.0 Å². The molecule has 1 aromatic rings. The van der Waals surface area contributed by atoms with E-state index in [9.17, 15) is 37.9 Å². The van der Waals surface area contributed by atoms with Crippen LogP contribution in [-0.2, 0) is 33.9 Å². The van der Waals surface area contributed by atoms with Crippen LogP contribution in [0.3, 0.4) is 0 Å². The molecular formula is C35H57NaO12S. The summed E-state index contributed by atoms with van der Waals surface area (Å²) < 4.78 is 55.3. The Hall–Kier alpha value is -1.13. The molecule has 0 saturated carbocycles. The van der Waals surface area contributed by atoms with Gasteiger partial charge in [0.25, 0.3) is 0 Å². The van der Waals surface area contributed by atoms with Crippen molar-refractivity contribution in [3.05, 3.63) is 35.4 Å². The Morgan fingerprint density at radius 1 is 0.796 bits per heavy atom. The quantitative estimate of drug-likeness (QED) is 0.0574. The molecule has 1 aliphatic heterocycles. The Balaban J connectivity index is 0.0000120. The second kappa shape index (κ2) is 25.8. The van der Waals surface area contributed by atoms with Gasteiger partial charge in [0, 0.05) is 6.42 Å². The van der Waals surface area contributed by atoms with E-state index >= 15 is 0 Å². The standard InChI is InChI=1S/C35H58O12S.Na/c1-3-4-5-6-7-8-9-10-11-12-13-14-15-16-17-18-30(36)44-23-28(46-34(40)27-21-19-26(2)20-22-27)24-45-35-33(39)32(38)31(37)29(47-35)25-48(41,42)43;/h19-22,28-29,31-33,35,37-39H,3-18,23-25H2,1-2H3,(H,41,42,43);/q;+1/p-1/t28?,29-,31-,32+,33-,35+;/m1./s1. The number of ether oxygens (including phenoxy) is 4. The summed E-state index contributed by atoms with van der Waals surface area (Å²) in [7, 11) is -4.85. The van der Waals surface area contributed by atoms with Gasteiger partial charge in [0.15, 0.2) is 12.4 Å². The molecule has 3 N–H and O–H groups in total. The van der Waals surface area contributed by atoms with E-state index in [1.807, 2.05) is 6.92 Å². The van der Waals surface area contributed by atoms with E-state index in [0.717, 1.165) is 24.8 Å². The van der Waals surface area contributed by atoms with E-state index in [-0.39, 0.29) is 48.1 Å². The molecule has 1 aliphatic rings. The van der Waals surface area contributed by atoms with E-state index in [1.54, 1.807) is 24.3 Å². The number of unbranched alkanes of at least 4 members (excludes halogenated alkanes) is 14. The predicted molar refractivity (Wildman–Crippen MR) is 178 cm³/mol. The molecule has 1 fully saturated rings. The molecule has 276 valence electrons. The summed E-state index contributed by atoms with van der Waals surface area (Å²) in [6, 6.07) is 6.58. The van der Waals surface area contributed by atoms with Crippen molar-refractivity contribution in [1.29, 1.82) is 0 Å². The molecule has 0 spiro atoms. The first kappa shape index (κ1) is 45.9. The van der Waals surface area contributed by atoms with E-state index < -0.39 is 71.2 Å². The molecule has 6 atom stereocenters. The Bertz CT molecular complexity index is 1150. The van der Waals surface area contributed by atoms with Crippen molar-refractivity contribution in [2.24, 2.45) is 0 Å². The van der Waals surface area contributed by atoms with E-state index in [1.165, 1.54) is 70.6 Å². The predicted octanol–water partition coefficient (Wildman–Crippen LogP) is 1.70. The largest absolute Gasteiger partial charge is 1.00 e. The molecule has 2 rings (SSSR count). The van der Waals surface area contributed by atoms with Gasteiger partial charge in [0.1, 0.15) is 31.0 Å². The Morgan fingerprint density at radius 3 is 1.82 bits per heavy atom. The number of aliphatic hydroxyl groups excluding tert-OH is 3. The Labute approximate surface area is 314 Å². The SMILES string of the molecule is CCCCCCCCCCCCCCCCCC(=O)OCC(CO[C@H]1O[C@H](CS(=O)(=O)[O-])[C@@H](O)[C@H](O)[C@H]1O)OC(=O)c1ccc(C)cc1.[Na+]. The van der Waals surface area contributed by atoms with Gasteiger partial charge in [0.05, 0.1) is 28.0 Å². The minimum absolute atomic E-state index is 0.